The van der Waals surface area contributed by atoms with Crippen LogP contribution in [0.2, 0.25) is 0 Å². The molecule has 0 saturated heterocycles. The van der Waals surface area contributed by atoms with Crippen LogP contribution in [0.5, 0.6) is 0 Å². The fraction of sp³-hybridized carbons (Fsp3) is 0.714. The summed E-state index contributed by atoms with van der Waals surface area (Å²) in [5.74, 6) is 0. The molecule has 0 saturated carbocycles. The van der Waals surface area contributed by atoms with Gasteiger partial charge < -0.3 is 22.5 Å². The van der Waals surface area contributed by atoms with Crippen molar-refractivity contribution in [3.63, 3.8) is 0 Å². The summed E-state index contributed by atoms with van der Waals surface area (Å²) < 4.78 is 0. The zero-order valence-electron chi connectivity index (χ0n) is 8.09. The minimum atomic E-state index is 0. The van der Waals surface area contributed by atoms with Crippen LogP contribution in [0.15, 0.2) is 12.7 Å². The average molecular weight is 213 g/mol. The Morgan fingerprint density at radius 2 is 1.50 bits per heavy atom. The number of nitrogens with two attached hydrogens (primary N) is 3. The molecule has 12 heavy (non-hydrogen) atoms. The molecule has 0 aliphatic carbocycles. The maximum atomic E-state index is 4.92. The van der Waals surface area contributed by atoms with Crippen LogP contribution in [-0.4, -0.2) is 20.4 Å². The zero-order chi connectivity index (χ0) is 9.54. The van der Waals surface area contributed by atoms with Crippen molar-refractivity contribution < 1.29 is 18.6 Å². The summed E-state index contributed by atoms with van der Waals surface area (Å²) in [5.41, 5.74) is 14.2. The van der Waals surface area contributed by atoms with Crippen LogP contribution < -0.4 is 22.5 Å². The van der Waals surface area contributed by atoms with Gasteiger partial charge in [0.25, 0.3) is 0 Å². The second-order valence-electron chi connectivity index (χ2n) is 1.49. The van der Waals surface area contributed by atoms with Crippen LogP contribution in [-0.2, 0) is 18.6 Å². The van der Waals surface area contributed by atoms with Gasteiger partial charge in [-0.1, -0.05) is 13.0 Å². The summed E-state index contributed by atoms with van der Waals surface area (Å²) in [6.07, 6.45) is 2.96. The Bertz CT molecular complexity index is 50.7. The van der Waals surface area contributed by atoms with Gasteiger partial charge >= 0.3 is 0 Å². The van der Waals surface area contributed by atoms with E-state index in [1.54, 1.807) is 7.05 Å². The molecule has 4 nitrogen and oxygen atoms in total. The van der Waals surface area contributed by atoms with E-state index < -0.39 is 0 Å². The molecule has 0 unspecified atom stereocenters. The van der Waals surface area contributed by atoms with Crippen molar-refractivity contribution in [2.45, 2.75) is 13.3 Å². The molecule has 75 valence electrons. The van der Waals surface area contributed by atoms with Crippen LogP contribution in [0.1, 0.15) is 13.3 Å². The molecule has 0 fully saturated rings. The normalized spacial score (nSPS) is 6.08. The van der Waals surface area contributed by atoms with Gasteiger partial charge in [-0.3, -0.25) is 0 Å². The maximum absolute atomic E-state index is 4.92. The Kier molecular flexibility index (Phi) is 82.0. The van der Waals surface area contributed by atoms with Crippen molar-refractivity contribution in [3.05, 3.63) is 12.7 Å². The summed E-state index contributed by atoms with van der Waals surface area (Å²) in [6.45, 7) is 6.36. The van der Waals surface area contributed by atoms with Crippen molar-refractivity contribution in [1.82, 2.24) is 5.32 Å². The van der Waals surface area contributed by atoms with Gasteiger partial charge in [-0.25, -0.2) is 0 Å². The predicted octanol–water partition coefficient (Wildman–Crippen LogP) is -0.437. The van der Waals surface area contributed by atoms with Crippen molar-refractivity contribution >= 4 is 0 Å². The van der Waals surface area contributed by atoms with Gasteiger partial charge in [0.2, 0.25) is 0 Å². The Morgan fingerprint density at radius 3 is 1.50 bits per heavy atom. The fourth-order valence-electron chi connectivity index (χ4n) is 0. The van der Waals surface area contributed by atoms with Gasteiger partial charge in [0, 0.05) is 31.9 Å². The van der Waals surface area contributed by atoms with Gasteiger partial charge in [-0.2, -0.15) is 0 Å². The summed E-state index contributed by atoms with van der Waals surface area (Å²) >= 11 is 0. The molecule has 0 atom stereocenters. The molecule has 0 aromatic rings. The van der Waals surface area contributed by atoms with Crippen molar-refractivity contribution in [3.8, 4) is 0 Å². The number of nitrogens with one attached hydrogen (secondary N) is 1. The molecular formula is C7H22N4V. The molecular weight excluding hydrogens is 191 g/mol. The topological polar surface area (TPSA) is 90.1 Å². The minimum absolute atomic E-state index is 0. The Balaban J connectivity index is -0.0000000389. The van der Waals surface area contributed by atoms with E-state index >= 15 is 0 Å². The van der Waals surface area contributed by atoms with Crippen molar-refractivity contribution in [2.24, 2.45) is 17.2 Å². The minimum Gasteiger partial charge on any atom is -0.319 e. The van der Waals surface area contributed by atoms with Crippen LogP contribution in [0, 0.1) is 0 Å². The number of hydrogen-bond donors (Lipinski definition) is 4. The Morgan fingerprint density at radius 1 is 1.33 bits per heavy atom. The first-order valence-corrected chi connectivity index (χ1v) is 3.60. The first-order chi connectivity index (χ1) is 5.24. The summed E-state index contributed by atoms with van der Waals surface area (Å²) in [7, 11) is 1.81. The van der Waals surface area contributed by atoms with Crippen LogP contribution in [0.4, 0.5) is 0 Å². The van der Waals surface area contributed by atoms with Gasteiger partial charge in [-0.15, -0.1) is 6.58 Å². The Hall–Kier alpha value is 0.164. The first-order valence-electron chi connectivity index (χ1n) is 3.60. The SMILES string of the molecule is C=CCC.CNCN.NCN.[V]. The van der Waals surface area contributed by atoms with Crippen molar-refractivity contribution in [2.75, 3.05) is 20.4 Å². The first kappa shape index (κ1) is 22.7. The maximum Gasteiger partial charge on any atom is 0.0426 e. The summed E-state index contributed by atoms with van der Waals surface area (Å²) in [4.78, 5) is 0. The van der Waals surface area contributed by atoms with E-state index in [0.717, 1.165) is 6.42 Å². The Labute approximate surface area is 87.8 Å². The molecule has 0 aliphatic heterocycles. The molecule has 1 radical (unpaired) electrons. The van der Waals surface area contributed by atoms with E-state index in [1.165, 1.54) is 0 Å². The predicted molar refractivity (Wildman–Crippen MR) is 51.8 cm³/mol. The molecule has 0 heterocycles. The average Bonchev–Trinajstić information content (AvgIpc) is 2.06. The third-order valence-corrected chi connectivity index (χ3v) is 0.493. The van der Waals surface area contributed by atoms with Crippen LogP contribution >= 0.6 is 0 Å². The number of hydrogen-bond acceptors (Lipinski definition) is 4. The monoisotopic (exact) mass is 213 g/mol. The van der Waals surface area contributed by atoms with Crippen LogP contribution in [0.25, 0.3) is 0 Å². The van der Waals surface area contributed by atoms with Gasteiger partial charge in [0.1, 0.15) is 0 Å². The van der Waals surface area contributed by atoms with Gasteiger partial charge in [0.15, 0.2) is 0 Å². The molecule has 0 amide bonds. The third kappa shape index (κ3) is 182. The molecule has 0 rings (SSSR count). The molecule has 5 heteroatoms. The third-order valence-electron chi connectivity index (χ3n) is 0.493. The van der Waals surface area contributed by atoms with Gasteiger partial charge in [0.05, 0.1) is 0 Å². The second-order valence-corrected chi connectivity index (χ2v) is 1.49. The second kappa shape index (κ2) is 43.2. The van der Waals surface area contributed by atoms with E-state index in [2.05, 4.69) is 30.3 Å². The molecule has 7 N–H and O–H groups in total. The van der Waals surface area contributed by atoms with E-state index in [1.807, 2.05) is 6.08 Å². The quantitative estimate of drug-likeness (QED) is 0.370. The van der Waals surface area contributed by atoms with Crippen LogP contribution in [0.3, 0.4) is 0 Å². The van der Waals surface area contributed by atoms with E-state index in [9.17, 15) is 0 Å². The molecule has 0 spiro atoms. The van der Waals surface area contributed by atoms with E-state index in [4.69, 9.17) is 5.73 Å². The zero-order valence-corrected chi connectivity index (χ0v) is 9.48. The largest absolute Gasteiger partial charge is 0.319 e. The standard InChI is InChI=1S/C4H8.C2H8N2.CH6N2.V/c1-3-4-2;1-4-2-3;2-1-3;/h3H,1,4H2,2H3;4H,2-3H2,1H3;1-3H2;. The summed E-state index contributed by atoms with van der Waals surface area (Å²) in [6, 6.07) is 0. The number of rotatable bonds is 2. The fourth-order valence-corrected chi connectivity index (χ4v) is 0. The summed E-state index contributed by atoms with van der Waals surface area (Å²) in [5, 5.41) is 2.71. The molecule has 0 aliphatic rings. The number of allylic oxidation sites excluding steroid dienone is 1. The molecule has 0 aromatic carbocycles. The smallest absolute Gasteiger partial charge is 0.0426 e. The van der Waals surface area contributed by atoms with Crippen molar-refractivity contribution in [1.29, 1.82) is 0 Å². The van der Waals surface area contributed by atoms with Gasteiger partial charge in [-0.05, 0) is 13.5 Å². The molecule has 0 bridgehead atoms. The van der Waals surface area contributed by atoms with E-state index in [0.29, 0.717) is 6.67 Å². The van der Waals surface area contributed by atoms with E-state index in [-0.39, 0.29) is 25.2 Å². The molecule has 0 aromatic heterocycles.